The minimum absolute atomic E-state index is 0.211. The van der Waals surface area contributed by atoms with Crippen LogP contribution in [-0.4, -0.2) is 31.8 Å². The molecule has 0 atom stereocenters. The zero-order valence-corrected chi connectivity index (χ0v) is 15.2. The molecule has 0 aliphatic heterocycles. The van der Waals surface area contributed by atoms with E-state index >= 15 is 0 Å². The molecule has 0 saturated heterocycles. The molecular formula is C21H20O6. The van der Waals surface area contributed by atoms with Crippen molar-refractivity contribution in [2.24, 2.45) is 0 Å². The summed E-state index contributed by atoms with van der Waals surface area (Å²) in [5.74, 6) is -0.0638. The highest BCUT2D eigenvalue weighted by atomic mass is 16.6. The van der Waals surface area contributed by atoms with E-state index in [2.05, 4.69) is 0 Å². The fourth-order valence-corrected chi connectivity index (χ4v) is 2.71. The molecule has 6 heteroatoms. The van der Waals surface area contributed by atoms with Gasteiger partial charge in [0.1, 0.15) is 22.7 Å². The van der Waals surface area contributed by atoms with Crippen molar-refractivity contribution in [3.63, 3.8) is 0 Å². The van der Waals surface area contributed by atoms with Crippen molar-refractivity contribution in [2.75, 3.05) is 19.8 Å². The molecule has 0 aliphatic rings. The fraction of sp³-hybridized carbons (Fsp3) is 0.238. The molecule has 0 bridgehead atoms. The van der Waals surface area contributed by atoms with Crippen LogP contribution in [0.3, 0.4) is 0 Å². The summed E-state index contributed by atoms with van der Waals surface area (Å²) in [6.45, 7) is 3.80. The Morgan fingerprint density at radius 1 is 0.963 bits per heavy atom. The molecule has 0 fully saturated rings. The van der Waals surface area contributed by atoms with Gasteiger partial charge in [-0.05, 0) is 32.0 Å². The number of carbonyl (C=O) groups excluding carboxylic acids is 2. The van der Waals surface area contributed by atoms with E-state index in [0.717, 1.165) is 5.56 Å². The van der Waals surface area contributed by atoms with Crippen LogP contribution in [0.4, 0.5) is 0 Å². The molecule has 0 amide bonds. The summed E-state index contributed by atoms with van der Waals surface area (Å²) in [4.78, 5) is 24.1. The highest BCUT2D eigenvalue weighted by Gasteiger charge is 2.23. The number of hydrogen-bond acceptors (Lipinski definition) is 6. The van der Waals surface area contributed by atoms with Gasteiger partial charge in [0.2, 0.25) is 0 Å². The molecular weight excluding hydrogens is 348 g/mol. The van der Waals surface area contributed by atoms with Gasteiger partial charge in [0.25, 0.3) is 0 Å². The third kappa shape index (κ3) is 4.11. The topological polar surface area (TPSA) is 75.0 Å². The monoisotopic (exact) mass is 368 g/mol. The Kier molecular flexibility index (Phi) is 5.76. The van der Waals surface area contributed by atoms with Crippen molar-refractivity contribution in [1.82, 2.24) is 0 Å². The molecule has 3 rings (SSSR count). The minimum Gasteiger partial charge on any atom is -0.482 e. The number of ether oxygens (including phenoxy) is 3. The summed E-state index contributed by atoms with van der Waals surface area (Å²) in [6.07, 6.45) is 0. The summed E-state index contributed by atoms with van der Waals surface area (Å²) >= 11 is 0. The summed E-state index contributed by atoms with van der Waals surface area (Å²) < 4.78 is 21.5. The zero-order chi connectivity index (χ0) is 19.2. The molecule has 0 saturated carbocycles. The Labute approximate surface area is 156 Å². The third-order valence-electron chi connectivity index (χ3n) is 3.84. The molecule has 0 spiro atoms. The van der Waals surface area contributed by atoms with Crippen LogP contribution in [0.2, 0.25) is 0 Å². The van der Waals surface area contributed by atoms with Gasteiger partial charge < -0.3 is 18.6 Å². The van der Waals surface area contributed by atoms with Crippen molar-refractivity contribution < 1.29 is 28.2 Å². The Morgan fingerprint density at radius 3 is 2.41 bits per heavy atom. The van der Waals surface area contributed by atoms with E-state index in [1.54, 1.807) is 32.0 Å². The van der Waals surface area contributed by atoms with Gasteiger partial charge in [-0.1, -0.05) is 30.3 Å². The maximum absolute atomic E-state index is 12.6. The van der Waals surface area contributed by atoms with Crippen LogP contribution in [-0.2, 0) is 14.3 Å². The number of hydrogen-bond donors (Lipinski definition) is 0. The van der Waals surface area contributed by atoms with Crippen LogP contribution in [0.25, 0.3) is 22.3 Å². The Hall–Kier alpha value is -3.28. The van der Waals surface area contributed by atoms with E-state index in [4.69, 9.17) is 18.6 Å². The maximum atomic E-state index is 12.6. The molecule has 27 heavy (non-hydrogen) atoms. The Morgan fingerprint density at radius 2 is 1.70 bits per heavy atom. The largest absolute Gasteiger partial charge is 0.482 e. The van der Waals surface area contributed by atoms with Gasteiger partial charge >= 0.3 is 11.9 Å². The average Bonchev–Trinajstić information content (AvgIpc) is 3.06. The van der Waals surface area contributed by atoms with Crippen molar-refractivity contribution >= 4 is 22.9 Å². The smallest absolute Gasteiger partial charge is 0.344 e. The molecule has 1 aromatic heterocycles. The first-order valence-electron chi connectivity index (χ1n) is 8.71. The molecule has 2 aromatic carbocycles. The number of esters is 2. The molecule has 1 heterocycles. The van der Waals surface area contributed by atoms with Crippen molar-refractivity contribution in [2.45, 2.75) is 13.8 Å². The van der Waals surface area contributed by atoms with Crippen LogP contribution in [0.15, 0.2) is 52.9 Å². The van der Waals surface area contributed by atoms with Crippen molar-refractivity contribution in [3.8, 4) is 17.1 Å². The summed E-state index contributed by atoms with van der Waals surface area (Å²) in [5.41, 5.74) is 1.63. The van der Waals surface area contributed by atoms with Crippen molar-refractivity contribution in [3.05, 3.63) is 54.1 Å². The van der Waals surface area contributed by atoms with Crippen LogP contribution in [0.5, 0.6) is 5.75 Å². The van der Waals surface area contributed by atoms with E-state index in [0.29, 0.717) is 28.0 Å². The van der Waals surface area contributed by atoms with Crippen molar-refractivity contribution in [1.29, 1.82) is 0 Å². The number of furan rings is 1. The minimum atomic E-state index is -0.474. The first kappa shape index (κ1) is 18.5. The molecule has 0 radical (unpaired) electrons. The lowest BCUT2D eigenvalue weighted by Gasteiger charge is -2.06. The molecule has 3 aromatic rings. The lowest BCUT2D eigenvalue weighted by Crippen LogP contribution is -2.14. The standard InChI is InChI=1S/C21H20O6/c1-3-24-18(22)13-26-15-10-11-17-16(12-15)19(21(23)25-4-2)20(27-17)14-8-6-5-7-9-14/h5-12H,3-4,13H2,1-2H3. The number of rotatable bonds is 7. The highest BCUT2D eigenvalue weighted by Crippen LogP contribution is 2.36. The van der Waals surface area contributed by atoms with Gasteiger partial charge in [0, 0.05) is 10.9 Å². The lowest BCUT2D eigenvalue weighted by atomic mass is 10.1. The number of fused-ring (bicyclic) bond motifs is 1. The van der Waals surface area contributed by atoms with Gasteiger partial charge in [-0.2, -0.15) is 0 Å². The van der Waals surface area contributed by atoms with Gasteiger partial charge in [-0.15, -0.1) is 0 Å². The number of benzene rings is 2. The van der Waals surface area contributed by atoms with E-state index in [1.165, 1.54) is 0 Å². The molecule has 0 N–H and O–H groups in total. The molecule has 140 valence electrons. The summed E-state index contributed by atoms with van der Waals surface area (Å²) in [7, 11) is 0. The quantitative estimate of drug-likeness (QED) is 0.581. The van der Waals surface area contributed by atoms with E-state index in [1.807, 2.05) is 30.3 Å². The third-order valence-corrected chi connectivity index (χ3v) is 3.84. The van der Waals surface area contributed by atoms with Gasteiger partial charge in [-0.25, -0.2) is 9.59 Å². The normalized spacial score (nSPS) is 10.6. The van der Waals surface area contributed by atoms with Crippen LogP contribution < -0.4 is 4.74 Å². The Bertz CT molecular complexity index is 942. The fourth-order valence-electron chi connectivity index (χ4n) is 2.71. The predicted octanol–water partition coefficient (Wildman–Crippen LogP) is 4.22. The van der Waals surface area contributed by atoms with E-state index < -0.39 is 11.9 Å². The van der Waals surface area contributed by atoms with Crippen LogP contribution in [0.1, 0.15) is 24.2 Å². The SMILES string of the molecule is CCOC(=O)COc1ccc2oc(-c3ccccc3)c(C(=O)OCC)c2c1. The van der Waals surface area contributed by atoms with Crippen LogP contribution >= 0.6 is 0 Å². The second-order valence-electron chi connectivity index (χ2n) is 5.64. The maximum Gasteiger partial charge on any atom is 0.344 e. The van der Waals surface area contributed by atoms with Gasteiger partial charge in [0.15, 0.2) is 6.61 Å². The molecule has 0 aliphatic carbocycles. The first-order chi connectivity index (χ1) is 13.1. The zero-order valence-electron chi connectivity index (χ0n) is 15.2. The second kappa shape index (κ2) is 8.40. The summed E-state index contributed by atoms with van der Waals surface area (Å²) in [5, 5.41) is 0.564. The highest BCUT2D eigenvalue weighted by molar-refractivity contribution is 6.09. The Balaban J connectivity index is 2.02. The predicted molar refractivity (Wildman–Crippen MR) is 99.7 cm³/mol. The van der Waals surface area contributed by atoms with E-state index in [-0.39, 0.29) is 19.8 Å². The van der Waals surface area contributed by atoms with Gasteiger partial charge in [0.05, 0.1) is 13.2 Å². The summed E-state index contributed by atoms with van der Waals surface area (Å²) in [6, 6.07) is 14.4. The lowest BCUT2D eigenvalue weighted by molar-refractivity contribution is -0.145. The second-order valence-corrected chi connectivity index (χ2v) is 5.64. The van der Waals surface area contributed by atoms with E-state index in [9.17, 15) is 9.59 Å². The first-order valence-corrected chi connectivity index (χ1v) is 8.71. The average molecular weight is 368 g/mol. The molecule has 0 unspecified atom stereocenters. The molecule has 6 nitrogen and oxygen atoms in total. The number of carbonyl (C=O) groups is 2. The van der Waals surface area contributed by atoms with Gasteiger partial charge in [-0.3, -0.25) is 0 Å². The van der Waals surface area contributed by atoms with Crippen LogP contribution in [0, 0.1) is 0 Å².